The van der Waals surface area contributed by atoms with Crippen molar-refractivity contribution in [3.8, 4) is 0 Å². The largest absolute Gasteiger partial charge is 0.394 e. The standard InChI is InChI=1S/C9H15N3O3S/c1-15-4-8-11-7(10)2-9(12-8)16-5-6(14)3-13/h2,6,13-14H,3-5H2,1H3,(H2,10,11,12). The number of aromatic nitrogens is 2. The SMILES string of the molecule is COCc1nc(N)cc(SCC(O)CO)n1. The molecule has 16 heavy (non-hydrogen) atoms. The fourth-order valence-corrected chi connectivity index (χ4v) is 1.84. The Labute approximate surface area is 97.9 Å². The van der Waals surface area contributed by atoms with E-state index in [1.165, 1.54) is 11.8 Å². The van der Waals surface area contributed by atoms with E-state index >= 15 is 0 Å². The molecule has 7 heteroatoms. The van der Waals surface area contributed by atoms with Crippen LogP contribution in [-0.2, 0) is 11.3 Å². The first-order valence-electron chi connectivity index (χ1n) is 4.69. The van der Waals surface area contributed by atoms with Crippen molar-refractivity contribution in [2.45, 2.75) is 17.7 Å². The minimum atomic E-state index is -0.757. The Morgan fingerprint density at radius 2 is 2.31 bits per heavy atom. The number of hydrogen-bond donors (Lipinski definition) is 3. The maximum atomic E-state index is 9.19. The van der Waals surface area contributed by atoms with E-state index < -0.39 is 6.10 Å². The van der Waals surface area contributed by atoms with Crippen molar-refractivity contribution in [3.63, 3.8) is 0 Å². The first-order valence-corrected chi connectivity index (χ1v) is 5.68. The van der Waals surface area contributed by atoms with Gasteiger partial charge in [0.15, 0.2) is 5.82 Å². The summed E-state index contributed by atoms with van der Waals surface area (Å²) in [6.45, 7) is 0.0274. The lowest BCUT2D eigenvalue weighted by atomic mass is 10.4. The van der Waals surface area contributed by atoms with Crippen LogP contribution in [0, 0.1) is 0 Å². The third kappa shape index (κ3) is 4.31. The van der Waals surface area contributed by atoms with Crippen LogP contribution in [-0.4, -0.2) is 45.8 Å². The van der Waals surface area contributed by atoms with Crippen LogP contribution in [0.2, 0.25) is 0 Å². The summed E-state index contributed by atoms with van der Waals surface area (Å²) in [5.74, 6) is 1.23. The Morgan fingerprint density at radius 1 is 1.56 bits per heavy atom. The van der Waals surface area contributed by atoms with Crippen LogP contribution in [0.25, 0.3) is 0 Å². The molecule has 0 saturated carbocycles. The molecule has 0 radical (unpaired) electrons. The van der Waals surface area contributed by atoms with Crippen molar-refractivity contribution in [1.82, 2.24) is 9.97 Å². The first-order chi connectivity index (χ1) is 7.65. The number of aliphatic hydroxyl groups excluding tert-OH is 2. The lowest BCUT2D eigenvalue weighted by molar-refractivity contribution is 0.113. The third-order valence-corrected chi connectivity index (χ3v) is 2.73. The second-order valence-corrected chi connectivity index (χ2v) is 4.17. The fraction of sp³-hybridized carbons (Fsp3) is 0.556. The number of thioether (sulfide) groups is 1. The predicted octanol–water partition coefficient (Wildman–Crippen LogP) is -0.350. The summed E-state index contributed by atoms with van der Waals surface area (Å²) in [4.78, 5) is 8.17. The molecule has 1 atom stereocenters. The molecule has 4 N–H and O–H groups in total. The number of hydrogen-bond acceptors (Lipinski definition) is 7. The number of nitrogens with two attached hydrogens (primary N) is 1. The minimum absolute atomic E-state index is 0.265. The van der Waals surface area contributed by atoms with Gasteiger partial charge in [-0.3, -0.25) is 0 Å². The zero-order valence-electron chi connectivity index (χ0n) is 8.96. The Kier molecular flexibility index (Phi) is 5.47. The average Bonchev–Trinajstić information content (AvgIpc) is 2.25. The number of rotatable bonds is 6. The van der Waals surface area contributed by atoms with Gasteiger partial charge in [0.2, 0.25) is 0 Å². The molecule has 1 unspecified atom stereocenters. The first kappa shape index (κ1) is 13.2. The van der Waals surface area contributed by atoms with E-state index in [0.717, 1.165) is 0 Å². The molecule has 6 nitrogen and oxygen atoms in total. The van der Waals surface area contributed by atoms with Crippen LogP contribution >= 0.6 is 11.8 Å². The highest BCUT2D eigenvalue weighted by Crippen LogP contribution is 2.18. The zero-order valence-corrected chi connectivity index (χ0v) is 9.78. The molecule has 0 saturated heterocycles. The Bertz CT molecular complexity index is 338. The van der Waals surface area contributed by atoms with Gasteiger partial charge in [-0.2, -0.15) is 0 Å². The van der Waals surface area contributed by atoms with E-state index in [4.69, 9.17) is 15.6 Å². The molecule has 1 heterocycles. The highest BCUT2D eigenvalue weighted by molar-refractivity contribution is 7.99. The molecule has 0 aliphatic rings. The van der Waals surface area contributed by atoms with E-state index in [0.29, 0.717) is 29.0 Å². The summed E-state index contributed by atoms with van der Waals surface area (Å²) >= 11 is 1.31. The normalized spacial score (nSPS) is 12.7. The lowest BCUT2D eigenvalue weighted by Gasteiger charge is -2.07. The second-order valence-electron chi connectivity index (χ2n) is 3.13. The van der Waals surface area contributed by atoms with Crippen molar-refractivity contribution in [1.29, 1.82) is 0 Å². The number of methoxy groups -OCH3 is 1. The van der Waals surface area contributed by atoms with Gasteiger partial charge in [0.05, 0.1) is 12.7 Å². The maximum absolute atomic E-state index is 9.19. The van der Waals surface area contributed by atoms with Crippen LogP contribution < -0.4 is 5.73 Å². The molecule has 0 aliphatic carbocycles. The number of nitrogens with zero attached hydrogens (tertiary/aromatic N) is 2. The van der Waals surface area contributed by atoms with E-state index in [1.54, 1.807) is 13.2 Å². The number of anilines is 1. The van der Waals surface area contributed by atoms with Crippen LogP contribution in [0.1, 0.15) is 5.82 Å². The van der Waals surface area contributed by atoms with Crippen LogP contribution in [0.15, 0.2) is 11.1 Å². The van der Waals surface area contributed by atoms with Crippen LogP contribution in [0.4, 0.5) is 5.82 Å². The predicted molar refractivity (Wildman–Crippen MR) is 61.0 cm³/mol. The molecular formula is C9H15N3O3S. The van der Waals surface area contributed by atoms with Crippen molar-refractivity contribution >= 4 is 17.6 Å². The Morgan fingerprint density at radius 3 is 2.94 bits per heavy atom. The summed E-state index contributed by atoms with van der Waals surface area (Å²) < 4.78 is 4.91. The molecule has 1 aromatic heterocycles. The van der Waals surface area contributed by atoms with Crippen molar-refractivity contribution in [2.24, 2.45) is 0 Å². The number of nitrogen functional groups attached to an aromatic ring is 1. The minimum Gasteiger partial charge on any atom is -0.394 e. The fourth-order valence-electron chi connectivity index (χ4n) is 0.994. The van der Waals surface area contributed by atoms with Crippen molar-refractivity contribution in [3.05, 3.63) is 11.9 Å². The van der Waals surface area contributed by atoms with E-state index in [9.17, 15) is 5.11 Å². The molecule has 0 aromatic carbocycles. The van der Waals surface area contributed by atoms with Gasteiger partial charge >= 0.3 is 0 Å². The molecular weight excluding hydrogens is 230 g/mol. The number of ether oxygens (including phenoxy) is 1. The summed E-state index contributed by atoms with van der Waals surface area (Å²) in [7, 11) is 1.55. The molecule has 0 amide bonds. The van der Waals surface area contributed by atoms with Crippen LogP contribution in [0.5, 0.6) is 0 Å². The molecule has 0 bridgehead atoms. The van der Waals surface area contributed by atoms with Gasteiger partial charge in [0, 0.05) is 18.9 Å². The summed E-state index contributed by atoms with van der Waals surface area (Å²) in [6.07, 6.45) is -0.757. The monoisotopic (exact) mass is 245 g/mol. The topological polar surface area (TPSA) is 101 Å². The number of aliphatic hydroxyl groups is 2. The molecule has 0 fully saturated rings. The van der Waals surface area contributed by atoms with Gasteiger partial charge in [0.25, 0.3) is 0 Å². The summed E-state index contributed by atoms with van der Waals surface area (Å²) in [5, 5.41) is 18.5. The Balaban J connectivity index is 2.64. The van der Waals surface area contributed by atoms with Gasteiger partial charge in [-0.25, -0.2) is 9.97 Å². The molecule has 0 spiro atoms. The zero-order chi connectivity index (χ0) is 12.0. The van der Waals surface area contributed by atoms with Gasteiger partial charge < -0.3 is 20.7 Å². The van der Waals surface area contributed by atoms with Crippen molar-refractivity contribution in [2.75, 3.05) is 25.2 Å². The van der Waals surface area contributed by atoms with Crippen molar-refractivity contribution < 1.29 is 14.9 Å². The summed E-state index contributed by atoms with van der Waals surface area (Å²) in [6, 6.07) is 1.62. The third-order valence-electron chi connectivity index (χ3n) is 1.68. The van der Waals surface area contributed by atoms with Gasteiger partial charge in [0.1, 0.15) is 17.5 Å². The maximum Gasteiger partial charge on any atom is 0.157 e. The highest BCUT2D eigenvalue weighted by Gasteiger charge is 2.07. The molecule has 90 valence electrons. The van der Waals surface area contributed by atoms with Gasteiger partial charge in [-0.15, -0.1) is 11.8 Å². The van der Waals surface area contributed by atoms with Crippen LogP contribution in [0.3, 0.4) is 0 Å². The Hall–Kier alpha value is -0.890. The molecule has 1 rings (SSSR count). The second kappa shape index (κ2) is 6.64. The smallest absolute Gasteiger partial charge is 0.157 e. The molecule has 1 aromatic rings. The van der Waals surface area contributed by atoms with Gasteiger partial charge in [-0.1, -0.05) is 0 Å². The van der Waals surface area contributed by atoms with E-state index in [2.05, 4.69) is 9.97 Å². The lowest BCUT2D eigenvalue weighted by Crippen LogP contribution is -2.14. The van der Waals surface area contributed by atoms with E-state index in [-0.39, 0.29) is 6.61 Å². The summed E-state index contributed by atoms with van der Waals surface area (Å²) in [5.41, 5.74) is 5.60. The van der Waals surface area contributed by atoms with E-state index in [1.807, 2.05) is 0 Å². The molecule has 0 aliphatic heterocycles. The highest BCUT2D eigenvalue weighted by atomic mass is 32.2. The van der Waals surface area contributed by atoms with Gasteiger partial charge in [-0.05, 0) is 0 Å². The quantitative estimate of drug-likeness (QED) is 0.465. The average molecular weight is 245 g/mol.